The molecule has 2 fully saturated rings. The highest BCUT2D eigenvalue weighted by Gasteiger charge is 2.16. The molecule has 7 nitrogen and oxygen atoms in total. The number of ether oxygens (including phenoxy) is 1. The van der Waals surface area contributed by atoms with Crippen LogP contribution in [0.15, 0.2) is 21.8 Å². The molecule has 0 bridgehead atoms. The number of aromatic nitrogens is 2. The average molecular weight is 418 g/mol. The van der Waals surface area contributed by atoms with E-state index in [4.69, 9.17) is 14.1 Å². The third kappa shape index (κ3) is 5.65. The molecule has 1 unspecified atom stereocenters. The Kier molecular flexibility index (Phi) is 6.94. The van der Waals surface area contributed by atoms with Gasteiger partial charge in [-0.1, -0.05) is 11.8 Å². The molecule has 0 aromatic carbocycles. The van der Waals surface area contributed by atoms with Crippen LogP contribution in [0.2, 0.25) is 0 Å². The summed E-state index contributed by atoms with van der Waals surface area (Å²) in [4.78, 5) is 11.7. The standard InChI is InChI=1S/C21H31N5O2S/c1-15-16(2)28-21(24-15)29-14-18-10-19(26-6-8-27-9-7-26)11-20(25-18)23-13-17-4-3-5-22-12-17/h10-11,17,22H,3-9,12-14H2,1-2H3,(H,23,25). The van der Waals surface area contributed by atoms with Gasteiger partial charge in [0.1, 0.15) is 11.6 Å². The van der Waals surface area contributed by atoms with E-state index in [9.17, 15) is 0 Å². The summed E-state index contributed by atoms with van der Waals surface area (Å²) in [6, 6.07) is 4.36. The number of aryl methyl sites for hydroxylation is 2. The Labute approximate surface area is 177 Å². The maximum atomic E-state index is 5.71. The molecule has 8 heteroatoms. The number of hydrogen-bond donors (Lipinski definition) is 2. The van der Waals surface area contributed by atoms with Crippen molar-refractivity contribution in [2.45, 2.75) is 37.7 Å². The first-order chi connectivity index (χ1) is 14.2. The van der Waals surface area contributed by atoms with E-state index in [1.165, 1.54) is 18.5 Å². The molecule has 1 atom stereocenters. The zero-order chi connectivity index (χ0) is 20.1. The molecule has 0 spiro atoms. The average Bonchev–Trinajstić information content (AvgIpc) is 3.09. The van der Waals surface area contributed by atoms with Crippen LogP contribution >= 0.6 is 11.8 Å². The van der Waals surface area contributed by atoms with Gasteiger partial charge in [-0.15, -0.1) is 0 Å². The summed E-state index contributed by atoms with van der Waals surface area (Å²) in [7, 11) is 0. The Hall–Kier alpha value is -1.77. The number of pyridine rings is 1. The summed E-state index contributed by atoms with van der Waals surface area (Å²) >= 11 is 1.60. The monoisotopic (exact) mass is 417 g/mol. The van der Waals surface area contributed by atoms with Gasteiger partial charge in [-0.25, -0.2) is 9.97 Å². The fourth-order valence-electron chi connectivity index (χ4n) is 3.73. The Morgan fingerprint density at radius 1 is 1.24 bits per heavy atom. The summed E-state index contributed by atoms with van der Waals surface area (Å²) in [5.74, 6) is 3.23. The Morgan fingerprint density at radius 2 is 2.10 bits per heavy atom. The fraction of sp³-hybridized carbons (Fsp3) is 0.619. The summed E-state index contributed by atoms with van der Waals surface area (Å²) in [5.41, 5.74) is 3.20. The third-order valence-electron chi connectivity index (χ3n) is 5.56. The molecular formula is C21H31N5O2S. The number of thioether (sulfide) groups is 1. The molecular weight excluding hydrogens is 386 g/mol. The number of morpholine rings is 1. The summed E-state index contributed by atoms with van der Waals surface area (Å²) in [6.45, 7) is 10.5. The minimum absolute atomic E-state index is 0.661. The molecule has 0 amide bonds. The second-order valence-electron chi connectivity index (χ2n) is 7.80. The van der Waals surface area contributed by atoms with E-state index >= 15 is 0 Å². The molecule has 2 aromatic heterocycles. The van der Waals surface area contributed by atoms with Crippen molar-refractivity contribution in [2.24, 2.45) is 5.92 Å². The molecule has 0 saturated carbocycles. The van der Waals surface area contributed by atoms with Crippen LogP contribution in [0, 0.1) is 19.8 Å². The smallest absolute Gasteiger partial charge is 0.256 e. The Balaban J connectivity index is 1.47. The Morgan fingerprint density at radius 3 is 2.83 bits per heavy atom. The summed E-state index contributed by atoms with van der Waals surface area (Å²) < 4.78 is 11.2. The van der Waals surface area contributed by atoms with Gasteiger partial charge in [0.05, 0.1) is 24.6 Å². The van der Waals surface area contributed by atoms with Crippen LogP contribution in [0.3, 0.4) is 0 Å². The first-order valence-corrected chi connectivity index (χ1v) is 11.5. The molecule has 2 saturated heterocycles. The lowest BCUT2D eigenvalue weighted by atomic mass is 10.00. The normalized spacial score (nSPS) is 20.1. The molecule has 158 valence electrons. The lowest BCUT2D eigenvalue weighted by Crippen LogP contribution is -2.36. The van der Waals surface area contributed by atoms with Crippen molar-refractivity contribution in [3.8, 4) is 0 Å². The van der Waals surface area contributed by atoms with Gasteiger partial charge in [0, 0.05) is 37.1 Å². The number of piperidine rings is 1. The van der Waals surface area contributed by atoms with E-state index < -0.39 is 0 Å². The van der Waals surface area contributed by atoms with Gasteiger partial charge in [0.15, 0.2) is 0 Å². The van der Waals surface area contributed by atoms with E-state index in [0.717, 1.165) is 74.7 Å². The largest absolute Gasteiger partial charge is 0.437 e. The SMILES string of the molecule is Cc1nc(SCc2cc(N3CCOCC3)cc(NCC3CCCNC3)n2)oc1C. The van der Waals surface area contributed by atoms with Crippen molar-refractivity contribution >= 4 is 23.3 Å². The van der Waals surface area contributed by atoms with E-state index in [1.54, 1.807) is 11.8 Å². The van der Waals surface area contributed by atoms with Gasteiger partial charge in [-0.3, -0.25) is 0 Å². The highest BCUT2D eigenvalue weighted by Crippen LogP contribution is 2.27. The van der Waals surface area contributed by atoms with Crippen molar-refractivity contribution < 1.29 is 9.15 Å². The van der Waals surface area contributed by atoms with Crippen molar-refractivity contribution in [3.05, 3.63) is 29.3 Å². The van der Waals surface area contributed by atoms with Crippen molar-refractivity contribution in [2.75, 3.05) is 56.2 Å². The summed E-state index contributed by atoms with van der Waals surface area (Å²) in [5, 5.41) is 7.79. The van der Waals surface area contributed by atoms with Gasteiger partial charge in [0.2, 0.25) is 0 Å². The molecule has 0 radical (unpaired) electrons. The minimum atomic E-state index is 0.661. The van der Waals surface area contributed by atoms with Crippen LogP contribution in [0.5, 0.6) is 0 Å². The zero-order valence-corrected chi connectivity index (χ0v) is 18.2. The Bertz CT molecular complexity index is 781. The third-order valence-corrected chi connectivity index (χ3v) is 6.42. The van der Waals surface area contributed by atoms with Crippen LogP contribution in [0.4, 0.5) is 11.5 Å². The molecule has 4 heterocycles. The topological polar surface area (TPSA) is 75.5 Å². The molecule has 2 aliphatic rings. The minimum Gasteiger partial charge on any atom is -0.437 e. The fourth-order valence-corrected chi connectivity index (χ4v) is 4.53. The highest BCUT2D eigenvalue weighted by molar-refractivity contribution is 7.98. The number of nitrogens with one attached hydrogen (secondary N) is 2. The predicted octanol–water partition coefficient (Wildman–Crippen LogP) is 3.23. The first-order valence-electron chi connectivity index (χ1n) is 10.5. The number of hydrogen-bond acceptors (Lipinski definition) is 8. The number of anilines is 2. The van der Waals surface area contributed by atoms with Crippen LogP contribution in [-0.2, 0) is 10.5 Å². The number of rotatable bonds is 7. The van der Waals surface area contributed by atoms with Crippen molar-refractivity contribution in [1.29, 1.82) is 0 Å². The molecule has 29 heavy (non-hydrogen) atoms. The summed E-state index contributed by atoms with van der Waals surface area (Å²) in [6.07, 6.45) is 2.53. The highest BCUT2D eigenvalue weighted by atomic mass is 32.2. The van der Waals surface area contributed by atoms with Crippen molar-refractivity contribution in [1.82, 2.24) is 15.3 Å². The first kappa shape index (κ1) is 20.5. The molecule has 4 rings (SSSR count). The van der Waals surface area contributed by atoms with E-state index in [0.29, 0.717) is 11.1 Å². The predicted molar refractivity (Wildman–Crippen MR) is 117 cm³/mol. The molecule has 0 aliphatic carbocycles. The number of oxazole rings is 1. The van der Waals surface area contributed by atoms with Crippen molar-refractivity contribution in [3.63, 3.8) is 0 Å². The van der Waals surface area contributed by atoms with Gasteiger partial charge < -0.3 is 24.7 Å². The maximum absolute atomic E-state index is 5.71. The number of nitrogens with zero attached hydrogens (tertiary/aromatic N) is 3. The van der Waals surface area contributed by atoms with Crippen LogP contribution in [0.25, 0.3) is 0 Å². The van der Waals surface area contributed by atoms with Gasteiger partial charge >= 0.3 is 0 Å². The van der Waals surface area contributed by atoms with E-state index in [2.05, 4.69) is 32.7 Å². The van der Waals surface area contributed by atoms with Gasteiger partial charge in [0.25, 0.3) is 5.22 Å². The second kappa shape index (κ2) is 9.82. The maximum Gasteiger partial charge on any atom is 0.256 e. The lowest BCUT2D eigenvalue weighted by Gasteiger charge is -2.29. The zero-order valence-electron chi connectivity index (χ0n) is 17.4. The second-order valence-corrected chi connectivity index (χ2v) is 8.73. The van der Waals surface area contributed by atoms with E-state index in [1.807, 2.05) is 13.8 Å². The van der Waals surface area contributed by atoms with Crippen LogP contribution < -0.4 is 15.5 Å². The van der Waals surface area contributed by atoms with Gasteiger partial charge in [-0.05, 0) is 51.8 Å². The van der Waals surface area contributed by atoms with Crippen LogP contribution in [0.1, 0.15) is 30.0 Å². The van der Waals surface area contributed by atoms with Crippen LogP contribution in [-0.4, -0.2) is 55.9 Å². The van der Waals surface area contributed by atoms with E-state index in [-0.39, 0.29) is 0 Å². The van der Waals surface area contributed by atoms with Gasteiger partial charge in [-0.2, -0.15) is 0 Å². The molecule has 2 N–H and O–H groups in total. The molecule has 2 aliphatic heterocycles. The quantitative estimate of drug-likeness (QED) is 0.665. The lowest BCUT2D eigenvalue weighted by molar-refractivity contribution is 0.122. The molecule has 2 aromatic rings.